The third kappa shape index (κ3) is 3.99. The van der Waals surface area contributed by atoms with Crippen molar-refractivity contribution in [1.82, 2.24) is 25.1 Å². The summed E-state index contributed by atoms with van der Waals surface area (Å²) in [6, 6.07) is 8.01. The Labute approximate surface area is 188 Å². The number of hydrogen-bond acceptors (Lipinski definition) is 5. The number of rotatable bonds is 4. The van der Waals surface area contributed by atoms with Crippen molar-refractivity contribution in [3.05, 3.63) is 64.4 Å². The van der Waals surface area contributed by atoms with E-state index in [0.29, 0.717) is 5.69 Å². The minimum absolute atomic E-state index is 0.0327. The number of pyridine rings is 2. The van der Waals surface area contributed by atoms with Gasteiger partial charge in [-0.2, -0.15) is 5.10 Å². The van der Waals surface area contributed by atoms with Crippen LogP contribution < -0.4 is 5.32 Å². The molecule has 0 aromatic carbocycles. The Morgan fingerprint density at radius 1 is 1.16 bits per heavy atom. The minimum Gasteiger partial charge on any atom is -0.340 e. The van der Waals surface area contributed by atoms with Gasteiger partial charge >= 0.3 is 0 Å². The molecule has 0 saturated carbocycles. The molecule has 1 saturated heterocycles. The van der Waals surface area contributed by atoms with Gasteiger partial charge in [0.25, 0.3) is 5.91 Å². The standard InChI is InChI=1S/C25H30N6O/c1-16-8-6-12-26-24(16)28-18-14-17(2)27-21(15-18)22-11-7-13-31(22)25(32)23-19-9-4-3-5-10-20(19)29-30-23/h6,8,12,14-15,22H,3-5,7,9-11,13H2,1-2H3,(H,29,30)(H,26,27,28)/t22-/m1/s1. The van der Waals surface area contributed by atoms with Crippen LogP contribution in [0.3, 0.4) is 0 Å². The number of carbonyl (C=O) groups is 1. The molecule has 32 heavy (non-hydrogen) atoms. The summed E-state index contributed by atoms with van der Waals surface area (Å²) >= 11 is 0. The minimum atomic E-state index is -0.0362. The zero-order chi connectivity index (χ0) is 22.1. The van der Waals surface area contributed by atoms with Crippen molar-refractivity contribution in [2.24, 2.45) is 0 Å². The van der Waals surface area contributed by atoms with Gasteiger partial charge in [-0.15, -0.1) is 0 Å². The molecule has 1 aliphatic heterocycles. The van der Waals surface area contributed by atoms with E-state index in [1.54, 1.807) is 6.20 Å². The van der Waals surface area contributed by atoms with Gasteiger partial charge in [0.15, 0.2) is 5.69 Å². The molecule has 0 spiro atoms. The van der Waals surface area contributed by atoms with Gasteiger partial charge in [-0.1, -0.05) is 12.5 Å². The van der Waals surface area contributed by atoms with Crippen LogP contribution >= 0.6 is 0 Å². The zero-order valence-electron chi connectivity index (χ0n) is 18.8. The van der Waals surface area contributed by atoms with E-state index in [-0.39, 0.29) is 11.9 Å². The summed E-state index contributed by atoms with van der Waals surface area (Å²) in [6.45, 7) is 4.77. The van der Waals surface area contributed by atoms with E-state index < -0.39 is 0 Å². The number of hydrogen-bond donors (Lipinski definition) is 2. The van der Waals surface area contributed by atoms with Gasteiger partial charge < -0.3 is 10.2 Å². The Morgan fingerprint density at radius 2 is 2.03 bits per heavy atom. The Hall–Kier alpha value is -3.22. The molecule has 7 nitrogen and oxygen atoms in total. The van der Waals surface area contributed by atoms with E-state index in [2.05, 4.69) is 26.6 Å². The van der Waals surface area contributed by atoms with Crippen molar-refractivity contribution in [3.8, 4) is 0 Å². The monoisotopic (exact) mass is 430 g/mol. The smallest absolute Gasteiger partial charge is 0.275 e. The number of aromatic nitrogens is 4. The summed E-state index contributed by atoms with van der Waals surface area (Å²) in [5, 5.41) is 11.0. The predicted molar refractivity (Wildman–Crippen MR) is 124 cm³/mol. The van der Waals surface area contributed by atoms with Crippen molar-refractivity contribution in [2.45, 2.75) is 64.8 Å². The Morgan fingerprint density at radius 3 is 2.91 bits per heavy atom. The van der Waals surface area contributed by atoms with Crippen molar-refractivity contribution in [1.29, 1.82) is 0 Å². The molecular weight excluding hydrogens is 400 g/mol. The highest BCUT2D eigenvalue weighted by Gasteiger charge is 2.34. The van der Waals surface area contributed by atoms with E-state index in [9.17, 15) is 4.79 Å². The second-order valence-electron chi connectivity index (χ2n) is 8.96. The van der Waals surface area contributed by atoms with Crippen LogP contribution in [0.1, 0.15) is 76.8 Å². The molecule has 0 radical (unpaired) electrons. The van der Waals surface area contributed by atoms with Crippen LogP contribution in [-0.2, 0) is 12.8 Å². The number of anilines is 2. The van der Waals surface area contributed by atoms with E-state index in [1.165, 1.54) is 6.42 Å². The molecule has 3 aromatic heterocycles. The van der Waals surface area contributed by atoms with Gasteiger partial charge in [0.2, 0.25) is 0 Å². The number of likely N-dealkylation sites (tertiary alicyclic amines) is 1. The number of aryl methyl sites for hydroxylation is 3. The fraction of sp³-hybridized carbons (Fsp3) is 0.440. The average Bonchev–Trinajstić information content (AvgIpc) is 3.36. The lowest BCUT2D eigenvalue weighted by molar-refractivity contribution is 0.0725. The molecule has 2 N–H and O–H groups in total. The van der Waals surface area contributed by atoms with Gasteiger partial charge in [0, 0.05) is 35.4 Å². The molecule has 1 atom stereocenters. The molecule has 0 bridgehead atoms. The molecule has 1 amide bonds. The fourth-order valence-electron chi connectivity index (χ4n) is 4.98. The molecule has 0 unspecified atom stereocenters. The molecule has 166 valence electrons. The summed E-state index contributed by atoms with van der Waals surface area (Å²) < 4.78 is 0. The molecule has 7 heteroatoms. The van der Waals surface area contributed by atoms with E-state index >= 15 is 0 Å². The second-order valence-corrected chi connectivity index (χ2v) is 8.96. The first-order chi connectivity index (χ1) is 15.6. The molecule has 2 aliphatic rings. The maximum Gasteiger partial charge on any atom is 0.275 e. The number of fused-ring (bicyclic) bond motifs is 1. The summed E-state index contributed by atoms with van der Waals surface area (Å²) in [5.41, 5.74) is 6.77. The van der Waals surface area contributed by atoms with Crippen molar-refractivity contribution in [2.75, 3.05) is 11.9 Å². The molecule has 4 heterocycles. The maximum atomic E-state index is 13.6. The highest BCUT2D eigenvalue weighted by atomic mass is 16.2. The highest BCUT2D eigenvalue weighted by molar-refractivity contribution is 5.94. The number of nitrogens with one attached hydrogen (secondary N) is 2. The number of aromatic amines is 1. The van der Waals surface area contributed by atoms with Crippen LogP contribution in [0.2, 0.25) is 0 Å². The lowest BCUT2D eigenvalue weighted by atomic mass is 10.1. The van der Waals surface area contributed by atoms with Gasteiger partial charge in [-0.05, 0) is 76.1 Å². The first-order valence-corrected chi connectivity index (χ1v) is 11.6. The van der Waals surface area contributed by atoms with Crippen molar-refractivity contribution < 1.29 is 4.79 Å². The molecule has 3 aromatic rings. The van der Waals surface area contributed by atoms with E-state index in [0.717, 1.165) is 84.8 Å². The van der Waals surface area contributed by atoms with Crippen LogP contribution in [-0.4, -0.2) is 37.5 Å². The normalized spacial score (nSPS) is 18.3. The van der Waals surface area contributed by atoms with Crippen molar-refractivity contribution >= 4 is 17.4 Å². The summed E-state index contributed by atoms with van der Waals surface area (Å²) in [4.78, 5) is 24.8. The maximum absolute atomic E-state index is 13.6. The van der Waals surface area contributed by atoms with Gasteiger partial charge in [0.1, 0.15) is 5.82 Å². The molecule has 1 fully saturated rings. The zero-order valence-corrected chi connectivity index (χ0v) is 18.8. The van der Waals surface area contributed by atoms with Gasteiger partial charge in [0.05, 0.1) is 11.7 Å². The Bertz CT molecular complexity index is 1140. The first-order valence-electron chi connectivity index (χ1n) is 11.6. The fourth-order valence-corrected chi connectivity index (χ4v) is 4.98. The lowest BCUT2D eigenvalue weighted by Crippen LogP contribution is -2.32. The first kappa shape index (κ1) is 20.7. The third-order valence-corrected chi connectivity index (χ3v) is 6.61. The highest BCUT2D eigenvalue weighted by Crippen LogP contribution is 2.35. The van der Waals surface area contributed by atoms with Gasteiger partial charge in [-0.3, -0.25) is 14.9 Å². The summed E-state index contributed by atoms with van der Waals surface area (Å²) in [7, 11) is 0. The molecule has 5 rings (SSSR count). The van der Waals surface area contributed by atoms with Crippen LogP contribution in [0.4, 0.5) is 11.5 Å². The van der Waals surface area contributed by atoms with Crippen molar-refractivity contribution in [3.63, 3.8) is 0 Å². The third-order valence-electron chi connectivity index (χ3n) is 6.61. The van der Waals surface area contributed by atoms with E-state index in [1.807, 2.05) is 36.9 Å². The number of H-pyrrole nitrogens is 1. The van der Waals surface area contributed by atoms with Crippen LogP contribution in [0.5, 0.6) is 0 Å². The number of carbonyl (C=O) groups excluding carboxylic acids is 1. The Kier molecular flexibility index (Phi) is 5.64. The largest absolute Gasteiger partial charge is 0.340 e. The quantitative estimate of drug-likeness (QED) is 0.580. The summed E-state index contributed by atoms with van der Waals surface area (Å²) in [6.07, 6.45) is 9.09. The van der Waals surface area contributed by atoms with E-state index in [4.69, 9.17) is 4.98 Å². The molecular formula is C25H30N6O. The van der Waals surface area contributed by atoms with Gasteiger partial charge in [-0.25, -0.2) is 4.98 Å². The predicted octanol–water partition coefficient (Wildman–Crippen LogP) is 4.81. The molecule has 1 aliphatic carbocycles. The van der Waals surface area contributed by atoms with Crippen LogP contribution in [0.15, 0.2) is 30.5 Å². The number of amides is 1. The lowest BCUT2D eigenvalue weighted by Gasteiger charge is -2.25. The SMILES string of the molecule is Cc1cc(Nc2ncccc2C)cc([C@H]2CCCN2C(=O)c2n[nH]c3c2CCCCC3)n1. The second kappa shape index (κ2) is 8.73. The average molecular weight is 431 g/mol. The van der Waals surface area contributed by atoms with Crippen LogP contribution in [0, 0.1) is 13.8 Å². The Balaban J connectivity index is 1.42. The summed E-state index contributed by atoms with van der Waals surface area (Å²) in [5.74, 6) is 0.868. The topological polar surface area (TPSA) is 86.8 Å². The van der Waals surface area contributed by atoms with Crippen LogP contribution in [0.25, 0.3) is 0 Å². The number of nitrogens with zero attached hydrogens (tertiary/aromatic N) is 4.